The zero-order chi connectivity index (χ0) is 20.2. The molecule has 1 saturated heterocycles. The third kappa shape index (κ3) is 7.18. The molecule has 2 aromatic rings. The fraction of sp³-hybridized carbons (Fsp3) is 0.545. The molecule has 2 N–H and O–H groups in total. The third-order valence-electron chi connectivity index (χ3n) is 4.98. The smallest absolute Gasteiger partial charge is 0.191 e. The average Bonchev–Trinajstić information content (AvgIpc) is 3.30. The van der Waals surface area contributed by atoms with Crippen molar-refractivity contribution < 1.29 is 9.47 Å². The first-order chi connectivity index (χ1) is 14.4. The van der Waals surface area contributed by atoms with Crippen molar-refractivity contribution >= 4 is 5.96 Å². The molecule has 158 valence electrons. The summed E-state index contributed by atoms with van der Waals surface area (Å²) in [5, 5.41) is 6.72. The van der Waals surface area contributed by atoms with Crippen LogP contribution in [-0.2, 0) is 16.0 Å². The Kier molecular flexibility index (Phi) is 9.00. The second-order valence-corrected chi connectivity index (χ2v) is 7.20. The summed E-state index contributed by atoms with van der Waals surface area (Å²) in [7, 11) is 0. The first-order valence-corrected chi connectivity index (χ1v) is 10.6. The Balaban J connectivity index is 1.43. The van der Waals surface area contributed by atoms with Crippen LogP contribution in [0.2, 0.25) is 0 Å². The minimum atomic E-state index is 0.601. The van der Waals surface area contributed by atoms with Crippen LogP contribution in [0.4, 0.5) is 0 Å². The molecular weight excluding hydrogens is 366 g/mol. The van der Waals surface area contributed by atoms with Gasteiger partial charge in [-0.1, -0.05) is 18.2 Å². The van der Waals surface area contributed by atoms with E-state index in [9.17, 15) is 0 Å². The fourth-order valence-electron chi connectivity index (χ4n) is 3.35. The summed E-state index contributed by atoms with van der Waals surface area (Å²) in [6.07, 6.45) is 8.75. The van der Waals surface area contributed by atoms with E-state index in [1.54, 1.807) is 6.20 Å². The summed E-state index contributed by atoms with van der Waals surface area (Å²) in [6, 6.07) is 8.27. The summed E-state index contributed by atoms with van der Waals surface area (Å²) in [5.74, 6) is 1.49. The van der Waals surface area contributed by atoms with Crippen LogP contribution < -0.4 is 10.6 Å². The standard InChI is InChI=1S/C22H33N5O2/c1-2-24-22(25-10-5-13-29-17-19-8-14-28-15-9-19)26-16-20-6-3-4-7-21(20)27-12-11-23-18-27/h3-4,6-7,11-12,18-19H,2,5,8-10,13-17H2,1H3,(H2,24,25,26). The maximum Gasteiger partial charge on any atom is 0.191 e. The molecule has 0 spiro atoms. The number of rotatable bonds is 10. The molecule has 0 aliphatic carbocycles. The van der Waals surface area contributed by atoms with Crippen LogP contribution in [0.15, 0.2) is 48.0 Å². The molecule has 0 bridgehead atoms. The van der Waals surface area contributed by atoms with E-state index in [2.05, 4.69) is 34.7 Å². The molecule has 1 aromatic heterocycles. The first-order valence-electron chi connectivity index (χ1n) is 10.6. The monoisotopic (exact) mass is 399 g/mol. The van der Waals surface area contributed by atoms with E-state index in [0.29, 0.717) is 12.5 Å². The molecule has 2 heterocycles. The predicted molar refractivity (Wildman–Crippen MR) is 115 cm³/mol. The molecule has 7 heteroatoms. The van der Waals surface area contributed by atoms with Gasteiger partial charge in [0.25, 0.3) is 0 Å². The Labute approximate surface area is 173 Å². The maximum absolute atomic E-state index is 5.84. The van der Waals surface area contributed by atoms with Gasteiger partial charge in [-0.05, 0) is 43.7 Å². The van der Waals surface area contributed by atoms with Gasteiger partial charge in [-0.15, -0.1) is 0 Å². The molecule has 3 rings (SSSR count). The van der Waals surface area contributed by atoms with E-state index in [0.717, 1.165) is 76.0 Å². The van der Waals surface area contributed by atoms with Crippen molar-refractivity contribution in [1.29, 1.82) is 0 Å². The van der Waals surface area contributed by atoms with Crippen molar-refractivity contribution in [2.45, 2.75) is 32.7 Å². The Morgan fingerprint density at radius 3 is 2.93 bits per heavy atom. The van der Waals surface area contributed by atoms with Crippen LogP contribution >= 0.6 is 0 Å². The number of ether oxygens (including phenoxy) is 2. The Morgan fingerprint density at radius 2 is 2.14 bits per heavy atom. The highest BCUT2D eigenvalue weighted by molar-refractivity contribution is 5.79. The second-order valence-electron chi connectivity index (χ2n) is 7.20. The SMILES string of the molecule is CCNC(=NCc1ccccc1-n1ccnc1)NCCCOCC1CCOCC1. The molecule has 0 radical (unpaired) electrons. The number of imidazole rings is 1. The van der Waals surface area contributed by atoms with Gasteiger partial charge in [0, 0.05) is 51.9 Å². The van der Waals surface area contributed by atoms with Crippen LogP contribution in [0.1, 0.15) is 31.7 Å². The predicted octanol–water partition coefficient (Wildman–Crippen LogP) is 2.76. The van der Waals surface area contributed by atoms with Crippen LogP contribution in [0, 0.1) is 5.92 Å². The minimum absolute atomic E-state index is 0.601. The zero-order valence-corrected chi connectivity index (χ0v) is 17.3. The molecule has 1 aliphatic heterocycles. The topological polar surface area (TPSA) is 72.7 Å². The molecule has 0 unspecified atom stereocenters. The molecule has 1 aromatic carbocycles. The van der Waals surface area contributed by atoms with Crippen molar-refractivity contribution in [2.75, 3.05) is 39.5 Å². The Hall–Kier alpha value is -2.38. The van der Waals surface area contributed by atoms with Crippen LogP contribution in [-0.4, -0.2) is 55.0 Å². The summed E-state index contributed by atoms with van der Waals surface area (Å²) >= 11 is 0. The normalized spacial score (nSPS) is 15.4. The fourth-order valence-corrected chi connectivity index (χ4v) is 3.35. The molecule has 1 aliphatic rings. The number of aliphatic imine (C=N–C) groups is 1. The number of aromatic nitrogens is 2. The van der Waals surface area contributed by atoms with Gasteiger partial charge in [0.1, 0.15) is 0 Å². The number of hydrogen-bond donors (Lipinski definition) is 2. The highest BCUT2D eigenvalue weighted by Gasteiger charge is 2.13. The van der Waals surface area contributed by atoms with Crippen LogP contribution in [0.5, 0.6) is 0 Å². The highest BCUT2D eigenvalue weighted by atomic mass is 16.5. The van der Waals surface area contributed by atoms with E-state index < -0.39 is 0 Å². The lowest BCUT2D eigenvalue weighted by Gasteiger charge is -2.21. The lowest BCUT2D eigenvalue weighted by Crippen LogP contribution is -2.38. The Morgan fingerprint density at radius 1 is 1.28 bits per heavy atom. The quantitative estimate of drug-likeness (QED) is 0.365. The lowest BCUT2D eigenvalue weighted by atomic mass is 10.0. The zero-order valence-electron chi connectivity index (χ0n) is 17.3. The summed E-state index contributed by atoms with van der Waals surface area (Å²) < 4.78 is 13.2. The second kappa shape index (κ2) is 12.2. The van der Waals surface area contributed by atoms with Crippen molar-refractivity contribution in [3.05, 3.63) is 48.5 Å². The van der Waals surface area contributed by atoms with Crippen molar-refractivity contribution in [2.24, 2.45) is 10.9 Å². The van der Waals surface area contributed by atoms with Crippen molar-refractivity contribution in [1.82, 2.24) is 20.2 Å². The van der Waals surface area contributed by atoms with Gasteiger partial charge in [-0.3, -0.25) is 0 Å². The molecule has 29 heavy (non-hydrogen) atoms. The van der Waals surface area contributed by atoms with Gasteiger partial charge in [0.2, 0.25) is 0 Å². The van der Waals surface area contributed by atoms with Crippen LogP contribution in [0.25, 0.3) is 5.69 Å². The van der Waals surface area contributed by atoms with E-state index in [1.165, 1.54) is 0 Å². The lowest BCUT2D eigenvalue weighted by molar-refractivity contribution is 0.0203. The van der Waals surface area contributed by atoms with Gasteiger partial charge in [0.05, 0.1) is 18.6 Å². The number of nitrogens with one attached hydrogen (secondary N) is 2. The molecule has 0 amide bonds. The Bertz CT molecular complexity index is 727. The number of benzene rings is 1. The number of nitrogens with zero attached hydrogens (tertiary/aromatic N) is 3. The van der Waals surface area contributed by atoms with E-state index in [-0.39, 0.29) is 0 Å². The summed E-state index contributed by atoms with van der Waals surface area (Å²) in [4.78, 5) is 8.89. The van der Waals surface area contributed by atoms with E-state index in [1.807, 2.05) is 29.2 Å². The number of hydrogen-bond acceptors (Lipinski definition) is 4. The summed E-state index contributed by atoms with van der Waals surface area (Å²) in [6.45, 7) is 7.72. The molecule has 0 atom stereocenters. The van der Waals surface area contributed by atoms with Gasteiger partial charge in [-0.2, -0.15) is 0 Å². The molecule has 7 nitrogen and oxygen atoms in total. The largest absolute Gasteiger partial charge is 0.381 e. The maximum atomic E-state index is 5.84. The highest BCUT2D eigenvalue weighted by Crippen LogP contribution is 2.15. The summed E-state index contributed by atoms with van der Waals surface area (Å²) in [5.41, 5.74) is 2.26. The third-order valence-corrected chi connectivity index (χ3v) is 4.98. The molecular formula is C22H33N5O2. The van der Waals surface area contributed by atoms with E-state index >= 15 is 0 Å². The minimum Gasteiger partial charge on any atom is -0.381 e. The number of guanidine groups is 1. The van der Waals surface area contributed by atoms with Gasteiger partial charge in [0.15, 0.2) is 5.96 Å². The van der Waals surface area contributed by atoms with Gasteiger partial charge in [-0.25, -0.2) is 9.98 Å². The average molecular weight is 400 g/mol. The van der Waals surface area contributed by atoms with Crippen molar-refractivity contribution in [3.8, 4) is 5.69 Å². The first kappa shape index (κ1) is 21.3. The van der Waals surface area contributed by atoms with Gasteiger partial charge >= 0.3 is 0 Å². The van der Waals surface area contributed by atoms with Crippen LogP contribution in [0.3, 0.4) is 0 Å². The van der Waals surface area contributed by atoms with E-state index in [4.69, 9.17) is 14.5 Å². The molecule has 1 fully saturated rings. The van der Waals surface area contributed by atoms with Crippen molar-refractivity contribution in [3.63, 3.8) is 0 Å². The number of para-hydroxylation sites is 1. The van der Waals surface area contributed by atoms with Gasteiger partial charge < -0.3 is 24.7 Å². The molecule has 0 saturated carbocycles.